The molecule has 94 valence electrons. The molecule has 18 heavy (non-hydrogen) atoms. The van der Waals surface area contributed by atoms with E-state index >= 15 is 0 Å². The van der Waals surface area contributed by atoms with Crippen LogP contribution in [0.5, 0.6) is 0 Å². The van der Waals surface area contributed by atoms with E-state index in [2.05, 4.69) is 0 Å². The summed E-state index contributed by atoms with van der Waals surface area (Å²) in [6.45, 7) is 2.51. The van der Waals surface area contributed by atoms with Gasteiger partial charge in [0.25, 0.3) is 0 Å². The topological polar surface area (TPSA) is 52.6 Å². The van der Waals surface area contributed by atoms with Gasteiger partial charge in [-0.05, 0) is 18.6 Å². The highest BCUT2D eigenvalue weighted by molar-refractivity contribution is 5.94. The largest absolute Gasteiger partial charge is 0.466 e. The quantitative estimate of drug-likeness (QED) is 0.765. The Hall–Kier alpha value is -2.10. The van der Waals surface area contributed by atoms with Crippen molar-refractivity contribution in [3.8, 4) is 0 Å². The first-order valence-electron chi connectivity index (χ1n) is 5.83. The summed E-state index contributed by atoms with van der Waals surface area (Å²) >= 11 is 0. The maximum absolute atomic E-state index is 11.4. The Labute approximate surface area is 105 Å². The second-order valence-corrected chi connectivity index (χ2v) is 3.90. The molecule has 0 bridgehead atoms. The van der Waals surface area contributed by atoms with Gasteiger partial charge >= 0.3 is 11.9 Å². The van der Waals surface area contributed by atoms with Crippen LogP contribution in [0.4, 0.5) is 0 Å². The van der Waals surface area contributed by atoms with Crippen molar-refractivity contribution < 1.29 is 19.1 Å². The predicted octanol–water partition coefficient (Wildman–Crippen LogP) is 2.32. The molecule has 0 aliphatic carbocycles. The molecule has 0 saturated heterocycles. The normalized spacial score (nSPS) is 13.5. The van der Waals surface area contributed by atoms with Gasteiger partial charge in [-0.2, -0.15) is 0 Å². The molecule has 0 fully saturated rings. The number of carbonyl (C=O) groups excluding carboxylic acids is 2. The standard InChI is InChI=1S/C14H14O4/c1-2-17-13(15)5-3-4-10-6-7-11-9-18-14(16)12(11)8-10/h3-4,6-8H,2,5,9H2,1H3. The third-order valence-corrected chi connectivity index (χ3v) is 2.61. The number of fused-ring (bicyclic) bond motifs is 1. The average Bonchev–Trinajstić information content (AvgIpc) is 2.71. The lowest BCUT2D eigenvalue weighted by Crippen LogP contribution is -2.01. The number of hydrogen-bond donors (Lipinski definition) is 0. The van der Waals surface area contributed by atoms with Crippen LogP contribution in [0.2, 0.25) is 0 Å². The van der Waals surface area contributed by atoms with Crippen LogP contribution in [0.15, 0.2) is 24.3 Å². The molecular weight excluding hydrogens is 232 g/mol. The molecule has 1 aromatic rings. The van der Waals surface area contributed by atoms with Crippen LogP contribution >= 0.6 is 0 Å². The molecule has 1 aliphatic rings. The lowest BCUT2D eigenvalue weighted by atomic mass is 10.1. The van der Waals surface area contributed by atoms with Crippen molar-refractivity contribution in [2.75, 3.05) is 6.61 Å². The van der Waals surface area contributed by atoms with Gasteiger partial charge in [-0.15, -0.1) is 0 Å². The maximum atomic E-state index is 11.4. The van der Waals surface area contributed by atoms with Gasteiger partial charge in [0, 0.05) is 5.56 Å². The zero-order valence-electron chi connectivity index (χ0n) is 10.1. The van der Waals surface area contributed by atoms with E-state index in [0.717, 1.165) is 11.1 Å². The molecule has 0 saturated carbocycles. The first-order valence-corrected chi connectivity index (χ1v) is 5.83. The lowest BCUT2D eigenvalue weighted by Gasteiger charge is -1.98. The van der Waals surface area contributed by atoms with Crippen LogP contribution in [0, 0.1) is 0 Å². The zero-order valence-corrected chi connectivity index (χ0v) is 10.1. The van der Waals surface area contributed by atoms with Gasteiger partial charge < -0.3 is 9.47 Å². The number of cyclic esters (lactones) is 1. The summed E-state index contributed by atoms with van der Waals surface area (Å²) < 4.78 is 9.72. The molecule has 0 atom stereocenters. The van der Waals surface area contributed by atoms with Crippen molar-refractivity contribution in [1.82, 2.24) is 0 Å². The maximum Gasteiger partial charge on any atom is 0.338 e. The Morgan fingerprint density at radius 3 is 3.11 bits per heavy atom. The Bertz CT molecular complexity index is 503. The summed E-state index contributed by atoms with van der Waals surface area (Å²) in [5.74, 6) is -0.542. The van der Waals surface area contributed by atoms with E-state index in [1.165, 1.54) is 0 Å². The van der Waals surface area contributed by atoms with E-state index in [-0.39, 0.29) is 18.4 Å². The first-order chi connectivity index (χ1) is 8.70. The molecule has 0 radical (unpaired) electrons. The molecule has 0 spiro atoms. The summed E-state index contributed by atoms with van der Waals surface area (Å²) in [6.07, 6.45) is 3.75. The van der Waals surface area contributed by atoms with E-state index < -0.39 is 0 Å². The van der Waals surface area contributed by atoms with Gasteiger partial charge in [0.05, 0.1) is 18.6 Å². The van der Waals surface area contributed by atoms with Crippen molar-refractivity contribution in [3.05, 3.63) is 41.0 Å². The van der Waals surface area contributed by atoms with Crippen molar-refractivity contribution in [3.63, 3.8) is 0 Å². The van der Waals surface area contributed by atoms with Gasteiger partial charge in [-0.3, -0.25) is 4.79 Å². The van der Waals surface area contributed by atoms with Crippen LogP contribution in [0.1, 0.15) is 34.8 Å². The smallest absolute Gasteiger partial charge is 0.338 e. The van der Waals surface area contributed by atoms with Gasteiger partial charge in [0.2, 0.25) is 0 Å². The molecule has 1 heterocycles. The van der Waals surface area contributed by atoms with Gasteiger partial charge in [-0.25, -0.2) is 4.79 Å². The van der Waals surface area contributed by atoms with E-state index in [9.17, 15) is 9.59 Å². The average molecular weight is 246 g/mol. The molecule has 1 aromatic carbocycles. The molecule has 0 N–H and O–H groups in total. The van der Waals surface area contributed by atoms with Gasteiger partial charge in [-0.1, -0.05) is 24.3 Å². The molecule has 4 heteroatoms. The highest BCUT2D eigenvalue weighted by Crippen LogP contribution is 2.21. The molecule has 0 aromatic heterocycles. The number of rotatable bonds is 4. The lowest BCUT2D eigenvalue weighted by molar-refractivity contribution is -0.142. The fourth-order valence-corrected chi connectivity index (χ4v) is 1.75. The second-order valence-electron chi connectivity index (χ2n) is 3.90. The monoisotopic (exact) mass is 246 g/mol. The van der Waals surface area contributed by atoms with E-state index in [1.807, 2.05) is 12.1 Å². The molecule has 1 aliphatic heterocycles. The SMILES string of the molecule is CCOC(=O)CC=Cc1ccc2c(c1)C(=O)OC2. The van der Waals surface area contributed by atoms with Crippen molar-refractivity contribution >= 4 is 18.0 Å². The molecule has 2 rings (SSSR count). The second kappa shape index (κ2) is 5.49. The van der Waals surface area contributed by atoms with E-state index in [1.54, 1.807) is 25.1 Å². The summed E-state index contributed by atoms with van der Waals surface area (Å²) in [7, 11) is 0. The van der Waals surface area contributed by atoms with Crippen molar-refractivity contribution in [1.29, 1.82) is 0 Å². The fourth-order valence-electron chi connectivity index (χ4n) is 1.75. The Morgan fingerprint density at radius 1 is 1.50 bits per heavy atom. The highest BCUT2D eigenvalue weighted by Gasteiger charge is 2.20. The molecule has 4 nitrogen and oxygen atoms in total. The van der Waals surface area contributed by atoms with Crippen LogP contribution < -0.4 is 0 Å². The van der Waals surface area contributed by atoms with Crippen LogP contribution in [0.25, 0.3) is 6.08 Å². The van der Waals surface area contributed by atoms with Crippen LogP contribution in [0.3, 0.4) is 0 Å². The molecule has 0 amide bonds. The third-order valence-electron chi connectivity index (χ3n) is 2.61. The number of hydrogen-bond acceptors (Lipinski definition) is 4. The number of carbonyl (C=O) groups is 2. The summed E-state index contributed by atoms with van der Waals surface area (Å²) in [5, 5.41) is 0. The minimum Gasteiger partial charge on any atom is -0.466 e. The minimum absolute atomic E-state index is 0.232. The van der Waals surface area contributed by atoms with Crippen molar-refractivity contribution in [2.24, 2.45) is 0 Å². The van der Waals surface area contributed by atoms with Gasteiger partial charge in [0.1, 0.15) is 6.61 Å². The number of esters is 2. The Balaban J connectivity index is 2.02. The summed E-state index contributed by atoms with van der Waals surface area (Å²) in [4.78, 5) is 22.5. The summed E-state index contributed by atoms with van der Waals surface area (Å²) in [6, 6.07) is 5.53. The molecule has 0 unspecified atom stereocenters. The zero-order chi connectivity index (χ0) is 13.0. The van der Waals surface area contributed by atoms with Gasteiger partial charge in [0.15, 0.2) is 0 Å². The van der Waals surface area contributed by atoms with Crippen LogP contribution in [-0.2, 0) is 20.9 Å². The number of benzene rings is 1. The van der Waals surface area contributed by atoms with Crippen LogP contribution in [-0.4, -0.2) is 18.5 Å². The predicted molar refractivity (Wildman–Crippen MR) is 65.8 cm³/mol. The Kier molecular flexibility index (Phi) is 3.77. The minimum atomic E-state index is -0.286. The van der Waals surface area contributed by atoms with E-state index in [0.29, 0.717) is 18.8 Å². The number of ether oxygens (including phenoxy) is 2. The third kappa shape index (κ3) is 2.77. The summed E-state index contributed by atoms with van der Waals surface area (Å²) in [5.41, 5.74) is 2.38. The molecular formula is C14H14O4. The first kappa shape index (κ1) is 12.4. The fraction of sp³-hybridized carbons (Fsp3) is 0.286. The van der Waals surface area contributed by atoms with E-state index in [4.69, 9.17) is 9.47 Å². The Morgan fingerprint density at radius 2 is 2.33 bits per heavy atom. The highest BCUT2D eigenvalue weighted by atomic mass is 16.5. The van der Waals surface area contributed by atoms with Crippen molar-refractivity contribution in [2.45, 2.75) is 20.0 Å².